The SMILES string of the molecule is Cc1cc(C(=O)Nc2cc(C(F)(F)F)n(C)n2)ccc1-c1nc([C@@H]2CC[C@H]3CCC(=O)N3C2)n2ccnc(N)c12. The Kier molecular flexibility index (Phi) is 6.04. The summed E-state index contributed by atoms with van der Waals surface area (Å²) in [5.41, 5.74) is 8.31. The highest BCUT2D eigenvalue weighted by molar-refractivity contribution is 6.04. The Hall–Kier alpha value is -4.42. The number of nitrogens with zero attached hydrogens (tertiary/aromatic N) is 6. The molecule has 40 heavy (non-hydrogen) atoms. The number of carbonyl (C=O) groups excluding carboxylic acids is 2. The molecule has 2 amide bonds. The maximum atomic E-state index is 13.1. The number of hydrogen-bond acceptors (Lipinski definition) is 6. The molecule has 10 nitrogen and oxygen atoms in total. The molecule has 0 spiro atoms. The monoisotopic (exact) mass is 552 g/mol. The van der Waals surface area contributed by atoms with Crippen molar-refractivity contribution >= 4 is 29.0 Å². The summed E-state index contributed by atoms with van der Waals surface area (Å²) in [6, 6.07) is 6.05. The molecule has 2 saturated heterocycles. The van der Waals surface area contributed by atoms with Crippen molar-refractivity contribution in [2.45, 2.75) is 50.7 Å². The van der Waals surface area contributed by atoms with E-state index in [1.165, 1.54) is 0 Å². The summed E-state index contributed by atoms with van der Waals surface area (Å²) in [4.78, 5) is 36.5. The number of halogens is 3. The van der Waals surface area contributed by atoms with Crippen molar-refractivity contribution in [3.63, 3.8) is 0 Å². The van der Waals surface area contributed by atoms with Crippen LogP contribution in [0.5, 0.6) is 0 Å². The van der Waals surface area contributed by atoms with E-state index in [0.29, 0.717) is 40.7 Å². The fourth-order valence-electron chi connectivity index (χ4n) is 5.89. The number of anilines is 2. The fraction of sp³-hybridized carbons (Fsp3) is 0.370. The lowest BCUT2D eigenvalue weighted by Crippen LogP contribution is -2.41. The third-order valence-electron chi connectivity index (χ3n) is 7.85. The Balaban J connectivity index is 1.32. The van der Waals surface area contributed by atoms with Gasteiger partial charge in [0.2, 0.25) is 5.91 Å². The fourth-order valence-corrected chi connectivity index (χ4v) is 5.89. The molecule has 2 aliphatic heterocycles. The highest BCUT2D eigenvalue weighted by atomic mass is 19.4. The van der Waals surface area contributed by atoms with Gasteiger partial charge in [0, 0.05) is 61.6 Å². The minimum absolute atomic E-state index is 0.0340. The number of hydrogen-bond donors (Lipinski definition) is 2. The first-order valence-electron chi connectivity index (χ1n) is 13.0. The molecule has 13 heteroatoms. The van der Waals surface area contributed by atoms with Crippen molar-refractivity contribution in [3.8, 4) is 11.3 Å². The zero-order valence-corrected chi connectivity index (χ0v) is 21.9. The smallest absolute Gasteiger partial charge is 0.382 e. The molecule has 2 atom stereocenters. The second kappa shape index (κ2) is 9.35. The van der Waals surface area contributed by atoms with Gasteiger partial charge in [0.05, 0.1) is 0 Å². The number of amides is 2. The standard InChI is InChI=1S/C27H27F3N8O2/c1-14-11-15(26(40)33-20-12-19(27(28,29)30)36(2)35-20)4-7-18(14)22-23-24(31)32-9-10-37(23)25(34-22)16-3-5-17-6-8-21(39)38(17)13-16/h4,7,9-12,16-17H,3,5-6,8,13H2,1-2H3,(H2,31,32)(H,33,35,40)/t16-,17+/m1/s1. The third-order valence-corrected chi connectivity index (χ3v) is 7.85. The molecule has 4 aromatic rings. The average Bonchev–Trinajstić information content (AvgIpc) is 3.59. The molecular weight excluding hydrogens is 525 g/mol. The lowest BCUT2D eigenvalue weighted by atomic mass is 9.92. The minimum Gasteiger partial charge on any atom is -0.382 e. The van der Waals surface area contributed by atoms with Crippen LogP contribution in [0.2, 0.25) is 0 Å². The summed E-state index contributed by atoms with van der Waals surface area (Å²) >= 11 is 0. The number of carbonyl (C=O) groups is 2. The Labute approximate surface area is 227 Å². The van der Waals surface area contributed by atoms with Gasteiger partial charge in [0.15, 0.2) is 5.82 Å². The number of fused-ring (bicyclic) bond motifs is 2. The van der Waals surface area contributed by atoms with E-state index >= 15 is 0 Å². The van der Waals surface area contributed by atoms with E-state index in [4.69, 9.17) is 10.7 Å². The van der Waals surface area contributed by atoms with Gasteiger partial charge >= 0.3 is 6.18 Å². The second-order valence-electron chi connectivity index (χ2n) is 10.4. The van der Waals surface area contributed by atoms with Gasteiger partial charge in [-0.15, -0.1) is 0 Å². The van der Waals surface area contributed by atoms with Crippen LogP contribution in [0.1, 0.15) is 59.0 Å². The molecule has 3 N–H and O–H groups in total. The van der Waals surface area contributed by atoms with Crippen LogP contribution in [0.4, 0.5) is 24.8 Å². The van der Waals surface area contributed by atoms with Crippen molar-refractivity contribution in [3.05, 3.63) is 59.3 Å². The van der Waals surface area contributed by atoms with Crippen molar-refractivity contribution < 1.29 is 22.8 Å². The normalized spacial score (nSPS) is 19.3. The number of piperidine rings is 1. The van der Waals surface area contributed by atoms with Crippen molar-refractivity contribution in [1.82, 2.24) is 29.0 Å². The quantitative estimate of drug-likeness (QED) is 0.392. The Morgan fingerprint density at radius 3 is 2.70 bits per heavy atom. The molecule has 2 fully saturated rings. The first-order chi connectivity index (χ1) is 19.0. The van der Waals surface area contributed by atoms with Gasteiger partial charge in [-0.3, -0.25) is 18.7 Å². The predicted molar refractivity (Wildman–Crippen MR) is 140 cm³/mol. The van der Waals surface area contributed by atoms with Crippen LogP contribution in [-0.4, -0.2) is 53.5 Å². The lowest BCUT2D eigenvalue weighted by molar-refractivity contribution is -0.143. The number of nitrogens with two attached hydrogens (primary N) is 1. The van der Waals surface area contributed by atoms with E-state index in [1.807, 2.05) is 22.4 Å². The Morgan fingerprint density at radius 2 is 1.98 bits per heavy atom. The van der Waals surface area contributed by atoms with Crippen molar-refractivity contribution in [2.24, 2.45) is 7.05 Å². The molecule has 6 rings (SSSR count). The summed E-state index contributed by atoms with van der Waals surface area (Å²) in [5.74, 6) is 0.531. The van der Waals surface area contributed by atoms with E-state index in [9.17, 15) is 22.8 Å². The lowest BCUT2D eigenvalue weighted by Gasteiger charge is -2.34. The van der Waals surface area contributed by atoms with Gasteiger partial charge in [0.25, 0.3) is 5.91 Å². The van der Waals surface area contributed by atoms with Gasteiger partial charge in [-0.25, -0.2) is 9.97 Å². The molecular formula is C27H27F3N8O2. The van der Waals surface area contributed by atoms with Crippen molar-refractivity contribution in [1.29, 1.82) is 0 Å². The molecule has 2 aliphatic rings. The van der Waals surface area contributed by atoms with E-state index in [1.54, 1.807) is 24.4 Å². The van der Waals surface area contributed by atoms with E-state index in [-0.39, 0.29) is 23.2 Å². The Morgan fingerprint density at radius 1 is 1.18 bits per heavy atom. The van der Waals surface area contributed by atoms with Crippen LogP contribution >= 0.6 is 0 Å². The molecule has 0 saturated carbocycles. The van der Waals surface area contributed by atoms with E-state index in [0.717, 1.165) is 49.3 Å². The van der Waals surface area contributed by atoms with Crippen molar-refractivity contribution in [2.75, 3.05) is 17.6 Å². The highest BCUT2D eigenvalue weighted by Gasteiger charge is 2.38. The number of aromatic nitrogens is 5. The first kappa shape index (κ1) is 25.8. The van der Waals surface area contributed by atoms with Crippen LogP contribution in [0.15, 0.2) is 36.7 Å². The molecule has 0 aliphatic carbocycles. The summed E-state index contributed by atoms with van der Waals surface area (Å²) in [6.45, 7) is 2.42. The molecule has 0 radical (unpaired) electrons. The van der Waals surface area contributed by atoms with Crippen LogP contribution in [0.3, 0.4) is 0 Å². The van der Waals surface area contributed by atoms with E-state index < -0.39 is 17.8 Å². The minimum atomic E-state index is -4.59. The molecule has 1 aromatic carbocycles. The highest BCUT2D eigenvalue weighted by Crippen LogP contribution is 2.38. The maximum Gasteiger partial charge on any atom is 0.433 e. The summed E-state index contributed by atoms with van der Waals surface area (Å²) in [7, 11) is 1.16. The van der Waals surface area contributed by atoms with Crippen LogP contribution in [0, 0.1) is 6.92 Å². The molecule has 5 heterocycles. The maximum absolute atomic E-state index is 13.1. The van der Waals surface area contributed by atoms with E-state index in [2.05, 4.69) is 15.4 Å². The Bertz CT molecular complexity index is 1660. The van der Waals surface area contributed by atoms with Gasteiger partial charge in [0.1, 0.15) is 28.5 Å². The number of nitrogens with one attached hydrogen (secondary N) is 1. The number of benzene rings is 1. The van der Waals surface area contributed by atoms with Gasteiger partial charge < -0.3 is 16.0 Å². The average molecular weight is 553 g/mol. The largest absolute Gasteiger partial charge is 0.433 e. The van der Waals surface area contributed by atoms with Gasteiger partial charge in [-0.05, 0) is 43.9 Å². The number of rotatable bonds is 4. The summed E-state index contributed by atoms with van der Waals surface area (Å²) < 4.78 is 41.9. The number of alkyl halides is 3. The molecule has 0 bridgehead atoms. The summed E-state index contributed by atoms with van der Waals surface area (Å²) in [5, 5.41) is 6.19. The van der Waals surface area contributed by atoms with Crippen LogP contribution in [0.25, 0.3) is 16.8 Å². The first-order valence-corrected chi connectivity index (χ1v) is 13.0. The molecule has 3 aromatic heterocycles. The molecule has 208 valence electrons. The summed E-state index contributed by atoms with van der Waals surface area (Å²) in [6.07, 6.45) is 2.15. The van der Waals surface area contributed by atoms with Gasteiger partial charge in [-0.1, -0.05) is 6.07 Å². The van der Waals surface area contributed by atoms with Crippen LogP contribution < -0.4 is 11.1 Å². The third kappa shape index (κ3) is 4.34. The number of imidazole rings is 1. The van der Waals surface area contributed by atoms with Gasteiger partial charge in [-0.2, -0.15) is 18.3 Å². The number of aryl methyl sites for hydroxylation is 2. The zero-order valence-electron chi connectivity index (χ0n) is 21.9. The van der Waals surface area contributed by atoms with Crippen LogP contribution in [-0.2, 0) is 18.0 Å². The predicted octanol–water partition coefficient (Wildman–Crippen LogP) is 4.16. The molecule has 0 unspecified atom stereocenters. The number of nitrogen functional groups attached to an aromatic ring is 1. The topological polar surface area (TPSA) is 123 Å². The second-order valence-corrected chi connectivity index (χ2v) is 10.4. The zero-order chi connectivity index (χ0) is 28.3.